The zero-order chi connectivity index (χ0) is 21.2. The van der Waals surface area contributed by atoms with Crippen molar-refractivity contribution in [2.45, 2.75) is 39.3 Å². The summed E-state index contributed by atoms with van der Waals surface area (Å²) >= 11 is 12.3. The van der Waals surface area contributed by atoms with Crippen LogP contribution < -0.4 is 0 Å². The smallest absolute Gasteiger partial charge is 0.223 e. The number of hydrogen-bond donors (Lipinski definition) is 0. The molecule has 0 spiro atoms. The van der Waals surface area contributed by atoms with Crippen molar-refractivity contribution < 1.29 is 13.2 Å². The van der Waals surface area contributed by atoms with Crippen LogP contribution in [0.3, 0.4) is 0 Å². The summed E-state index contributed by atoms with van der Waals surface area (Å²) in [6, 6.07) is 13.0. The van der Waals surface area contributed by atoms with E-state index in [9.17, 15) is 13.2 Å². The van der Waals surface area contributed by atoms with E-state index in [1.165, 1.54) is 0 Å². The minimum atomic E-state index is -3.07. The molecule has 156 valence electrons. The molecule has 0 bridgehead atoms. The molecule has 4 nitrogen and oxygen atoms in total. The highest BCUT2D eigenvalue weighted by atomic mass is 35.5. The van der Waals surface area contributed by atoms with Crippen molar-refractivity contribution in [3.05, 3.63) is 58.1 Å². The topological polar surface area (TPSA) is 54.5 Å². The maximum Gasteiger partial charge on any atom is 0.223 e. The number of amides is 1. The zero-order valence-corrected chi connectivity index (χ0v) is 18.9. The maximum absolute atomic E-state index is 12.8. The van der Waals surface area contributed by atoms with Gasteiger partial charge >= 0.3 is 0 Å². The second-order valence-corrected chi connectivity index (χ2v) is 11.1. The van der Waals surface area contributed by atoms with E-state index in [0.717, 1.165) is 16.7 Å². The van der Waals surface area contributed by atoms with Crippen LogP contribution >= 0.6 is 23.2 Å². The maximum atomic E-state index is 12.8. The predicted molar refractivity (Wildman–Crippen MR) is 119 cm³/mol. The Morgan fingerprint density at radius 2 is 1.83 bits per heavy atom. The van der Waals surface area contributed by atoms with Crippen LogP contribution in [0.4, 0.5) is 0 Å². The van der Waals surface area contributed by atoms with E-state index < -0.39 is 9.84 Å². The summed E-state index contributed by atoms with van der Waals surface area (Å²) in [5.74, 6) is 0.427. The molecule has 1 unspecified atom stereocenters. The van der Waals surface area contributed by atoms with Crippen LogP contribution in [0, 0.1) is 5.92 Å². The lowest BCUT2D eigenvalue weighted by Crippen LogP contribution is -2.41. The van der Waals surface area contributed by atoms with Gasteiger partial charge in [-0.25, -0.2) is 8.42 Å². The summed E-state index contributed by atoms with van der Waals surface area (Å²) in [5.41, 5.74) is 2.80. The van der Waals surface area contributed by atoms with Gasteiger partial charge in [-0.2, -0.15) is 0 Å². The Balaban J connectivity index is 1.81. The molecule has 1 heterocycles. The molecule has 7 heteroatoms. The van der Waals surface area contributed by atoms with Crippen molar-refractivity contribution in [2.24, 2.45) is 5.92 Å². The SMILES string of the molecule is CC(C)CC(=O)N(Cc1ccc(-c2ccc(Cl)cc2Cl)cc1)C1CCS(=O)(=O)C1. The minimum Gasteiger partial charge on any atom is -0.334 e. The number of benzene rings is 2. The first-order chi connectivity index (χ1) is 13.6. The summed E-state index contributed by atoms with van der Waals surface area (Å²) in [5, 5.41) is 1.16. The van der Waals surface area contributed by atoms with E-state index in [1.807, 2.05) is 44.2 Å². The van der Waals surface area contributed by atoms with Gasteiger partial charge in [-0.1, -0.05) is 67.4 Å². The minimum absolute atomic E-state index is 0.00641. The molecule has 0 aromatic heterocycles. The first-order valence-electron chi connectivity index (χ1n) is 9.69. The van der Waals surface area contributed by atoms with Crippen molar-refractivity contribution in [1.29, 1.82) is 0 Å². The summed E-state index contributed by atoms with van der Waals surface area (Å²) in [7, 11) is -3.07. The van der Waals surface area contributed by atoms with Crippen molar-refractivity contribution in [3.63, 3.8) is 0 Å². The molecule has 1 amide bonds. The van der Waals surface area contributed by atoms with E-state index in [2.05, 4.69) is 0 Å². The Kier molecular flexibility index (Phi) is 6.92. The van der Waals surface area contributed by atoms with Gasteiger partial charge in [0.25, 0.3) is 0 Å². The summed E-state index contributed by atoms with van der Waals surface area (Å²) < 4.78 is 23.9. The van der Waals surface area contributed by atoms with Crippen LogP contribution in [-0.4, -0.2) is 36.8 Å². The van der Waals surface area contributed by atoms with Crippen LogP contribution in [0.25, 0.3) is 11.1 Å². The molecule has 1 aliphatic rings. The van der Waals surface area contributed by atoms with Gasteiger partial charge < -0.3 is 4.90 Å². The highest BCUT2D eigenvalue weighted by Crippen LogP contribution is 2.31. The molecule has 0 N–H and O–H groups in total. The van der Waals surface area contributed by atoms with E-state index >= 15 is 0 Å². The number of hydrogen-bond acceptors (Lipinski definition) is 3. The van der Waals surface area contributed by atoms with Crippen molar-refractivity contribution in [2.75, 3.05) is 11.5 Å². The molecule has 1 aliphatic heterocycles. The van der Waals surface area contributed by atoms with E-state index in [1.54, 1.807) is 17.0 Å². The monoisotopic (exact) mass is 453 g/mol. The molecular formula is C22H25Cl2NO3S. The predicted octanol–water partition coefficient (Wildman–Crippen LogP) is 5.22. The van der Waals surface area contributed by atoms with Crippen molar-refractivity contribution in [3.8, 4) is 11.1 Å². The number of halogens is 2. The van der Waals surface area contributed by atoms with Crippen LogP contribution in [0.1, 0.15) is 32.3 Å². The molecule has 29 heavy (non-hydrogen) atoms. The van der Waals surface area contributed by atoms with E-state index in [-0.39, 0.29) is 29.4 Å². The lowest BCUT2D eigenvalue weighted by atomic mass is 10.0. The van der Waals surface area contributed by atoms with Crippen LogP contribution in [-0.2, 0) is 21.2 Å². The molecule has 1 fully saturated rings. The van der Waals surface area contributed by atoms with Gasteiger partial charge in [0, 0.05) is 34.6 Å². The van der Waals surface area contributed by atoms with Crippen LogP contribution in [0.15, 0.2) is 42.5 Å². The second-order valence-electron chi connectivity index (χ2n) is 8.00. The van der Waals surface area contributed by atoms with Crippen LogP contribution in [0.5, 0.6) is 0 Å². The van der Waals surface area contributed by atoms with Gasteiger partial charge in [-0.3, -0.25) is 4.79 Å². The standard InChI is InChI=1S/C22H25Cl2NO3S/c1-15(2)11-22(26)25(19-9-10-29(27,28)14-19)13-16-3-5-17(6-4-16)20-8-7-18(23)12-21(20)24/h3-8,12,15,19H,9-11,13-14H2,1-2H3. The highest BCUT2D eigenvalue weighted by molar-refractivity contribution is 7.91. The van der Waals surface area contributed by atoms with Gasteiger partial charge in [-0.05, 0) is 35.6 Å². The molecule has 3 rings (SSSR count). The molecule has 0 radical (unpaired) electrons. The van der Waals surface area contributed by atoms with E-state index in [4.69, 9.17) is 23.2 Å². The van der Waals surface area contributed by atoms with Crippen LogP contribution in [0.2, 0.25) is 10.0 Å². The van der Waals surface area contributed by atoms with Crippen molar-refractivity contribution >= 4 is 38.9 Å². The molecule has 2 aromatic rings. The van der Waals surface area contributed by atoms with Gasteiger partial charge in [0.1, 0.15) is 0 Å². The number of sulfone groups is 1. The zero-order valence-electron chi connectivity index (χ0n) is 16.6. The number of nitrogens with zero attached hydrogens (tertiary/aromatic N) is 1. The second kappa shape index (κ2) is 9.07. The Bertz CT molecular complexity index is 988. The number of rotatable bonds is 6. The van der Waals surface area contributed by atoms with E-state index in [0.29, 0.717) is 29.4 Å². The van der Waals surface area contributed by atoms with Crippen molar-refractivity contribution in [1.82, 2.24) is 4.90 Å². The highest BCUT2D eigenvalue weighted by Gasteiger charge is 2.34. The van der Waals surface area contributed by atoms with Gasteiger partial charge in [0.15, 0.2) is 9.84 Å². The number of carbonyl (C=O) groups is 1. The first-order valence-corrected chi connectivity index (χ1v) is 12.3. The fourth-order valence-electron chi connectivity index (χ4n) is 3.62. The fraction of sp³-hybridized carbons (Fsp3) is 0.409. The Hall–Kier alpha value is -1.56. The molecule has 2 aromatic carbocycles. The third kappa shape index (κ3) is 5.74. The molecule has 0 aliphatic carbocycles. The largest absolute Gasteiger partial charge is 0.334 e. The third-order valence-electron chi connectivity index (χ3n) is 5.10. The Morgan fingerprint density at radius 3 is 2.38 bits per heavy atom. The van der Waals surface area contributed by atoms with Gasteiger partial charge in [0.05, 0.1) is 11.5 Å². The average Bonchev–Trinajstić information content (AvgIpc) is 2.99. The van der Waals surface area contributed by atoms with Gasteiger partial charge in [0.2, 0.25) is 5.91 Å². The molecule has 1 saturated heterocycles. The Labute approximate surface area is 182 Å². The summed E-state index contributed by atoms with van der Waals surface area (Å²) in [6.07, 6.45) is 0.916. The van der Waals surface area contributed by atoms with Gasteiger partial charge in [-0.15, -0.1) is 0 Å². The number of carbonyl (C=O) groups excluding carboxylic acids is 1. The molecular weight excluding hydrogens is 429 g/mol. The molecule has 0 saturated carbocycles. The fourth-order valence-corrected chi connectivity index (χ4v) is 5.87. The normalized spacial score (nSPS) is 18.2. The third-order valence-corrected chi connectivity index (χ3v) is 7.40. The quantitative estimate of drug-likeness (QED) is 0.601. The summed E-state index contributed by atoms with van der Waals surface area (Å²) in [4.78, 5) is 14.6. The first kappa shape index (κ1) is 22.1. The Morgan fingerprint density at radius 1 is 1.14 bits per heavy atom. The average molecular weight is 454 g/mol. The lowest BCUT2D eigenvalue weighted by molar-refractivity contribution is -0.134. The lowest BCUT2D eigenvalue weighted by Gasteiger charge is -2.29. The molecule has 1 atom stereocenters. The summed E-state index contributed by atoms with van der Waals surface area (Å²) in [6.45, 7) is 4.39.